The van der Waals surface area contributed by atoms with Gasteiger partial charge in [-0.1, -0.05) is 18.2 Å². The van der Waals surface area contributed by atoms with Gasteiger partial charge in [-0.15, -0.1) is 0 Å². The predicted molar refractivity (Wildman–Crippen MR) is 107 cm³/mol. The molecule has 0 aliphatic rings. The van der Waals surface area contributed by atoms with Gasteiger partial charge in [0.1, 0.15) is 23.5 Å². The van der Waals surface area contributed by atoms with Gasteiger partial charge in [-0.3, -0.25) is 23.9 Å². The minimum absolute atomic E-state index is 0.0830. The van der Waals surface area contributed by atoms with E-state index in [1.165, 1.54) is 13.2 Å². The third-order valence-electron chi connectivity index (χ3n) is 4.61. The van der Waals surface area contributed by atoms with E-state index in [1.54, 1.807) is 12.3 Å². The van der Waals surface area contributed by atoms with E-state index in [4.69, 9.17) is 5.11 Å². The van der Waals surface area contributed by atoms with Gasteiger partial charge in [0.05, 0.1) is 10.9 Å². The number of nitrogens with one attached hydrogen (secondary N) is 1. The maximum Gasteiger partial charge on any atom is 0.322 e. The van der Waals surface area contributed by atoms with Gasteiger partial charge in [-0.05, 0) is 12.1 Å². The second-order valence-corrected chi connectivity index (χ2v) is 6.47. The molecular formula is C20H15N5O5. The van der Waals surface area contributed by atoms with Gasteiger partial charge in [0.15, 0.2) is 5.82 Å². The Morgan fingerprint density at radius 3 is 2.67 bits per heavy atom. The first-order valence-corrected chi connectivity index (χ1v) is 8.81. The third-order valence-corrected chi connectivity index (χ3v) is 4.61. The maximum absolute atomic E-state index is 12.7. The van der Waals surface area contributed by atoms with Crippen LogP contribution in [-0.4, -0.2) is 48.2 Å². The number of aromatic hydroxyl groups is 1. The lowest BCUT2D eigenvalue weighted by Gasteiger charge is -2.12. The number of aryl methyl sites for hydroxylation is 1. The average molecular weight is 405 g/mol. The van der Waals surface area contributed by atoms with Gasteiger partial charge >= 0.3 is 5.97 Å². The van der Waals surface area contributed by atoms with Crippen LogP contribution in [0.1, 0.15) is 10.4 Å². The highest BCUT2D eigenvalue weighted by Crippen LogP contribution is 2.29. The highest BCUT2D eigenvalue weighted by molar-refractivity contribution is 6.02. The molecule has 3 aromatic heterocycles. The molecule has 0 atom stereocenters. The molecule has 0 fully saturated rings. The van der Waals surface area contributed by atoms with E-state index in [2.05, 4.69) is 20.3 Å². The van der Waals surface area contributed by atoms with Crippen molar-refractivity contribution in [2.24, 2.45) is 7.05 Å². The van der Waals surface area contributed by atoms with Crippen molar-refractivity contribution in [1.29, 1.82) is 0 Å². The number of rotatable bonds is 4. The first-order valence-electron chi connectivity index (χ1n) is 8.81. The van der Waals surface area contributed by atoms with Gasteiger partial charge in [0, 0.05) is 30.4 Å². The number of pyridine rings is 2. The lowest BCUT2D eigenvalue weighted by atomic mass is 10.1. The summed E-state index contributed by atoms with van der Waals surface area (Å²) in [6.45, 7) is -0.690. The first kappa shape index (κ1) is 19.0. The second kappa shape index (κ2) is 7.24. The molecule has 4 rings (SSSR count). The van der Waals surface area contributed by atoms with E-state index < -0.39 is 35.3 Å². The topological polar surface area (TPSA) is 147 Å². The number of para-hydroxylation sites is 1. The SMILES string of the molecule is Cn1c(=O)c(C(=O)NCC(=O)O)c(O)c2cnc(-c3ccnc4ccccc34)nc21. The number of carbonyl (C=O) groups excluding carboxylic acids is 1. The summed E-state index contributed by atoms with van der Waals surface area (Å²) in [5.41, 5.74) is 0.181. The fraction of sp³-hybridized carbons (Fsp3) is 0.100. The van der Waals surface area contributed by atoms with Crippen LogP contribution in [-0.2, 0) is 11.8 Å². The van der Waals surface area contributed by atoms with Gasteiger partial charge in [-0.2, -0.15) is 0 Å². The number of carboxylic acid groups (broad SMARTS) is 1. The number of nitrogens with zero attached hydrogens (tertiary/aromatic N) is 4. The minimum atomic E-state index is -1.28. The molecule has 3 N–H and O–H groups in total. The Bertz CT molecular complexity index is 1390. The molecule has 0 saturated carbocycles. The number of amides is 1. The molecule has 0 bridgehead atoms. The Morgan fingerprint density at radius 2 is 1.90 bits per heavy atom. The fourth-order valence-electron chi connectivity index (χ4n) is 3.16. The third kappa shape index (κ3) is 3.09. The second-order valence-electron chi connectivity index (χ2n) is 6.47. The van der Waals surface area contributed by atoms with Crippen LogP contribution in [0.15, 0.2) is 47.5 Å². The summed E-state index contributed by atoms with van der Waals surface area (Å²) in [5, 5.41) is 22.2. The Morgan fingerprint density at radius 1 is 1.13 bits per heavy atom. The summed E-state index contributed by atoms with van der Waals surface area (Å²) < 4.78 is 1.11. The molecule has 0 spiro atoms. The summed E-state index contributed by atoms with van der Waals surface area (Å²) in [5.74, 6) is -2.57. The van der Waals surface area contributed by atoms with Gasteiger partial charge in [0.2, 0.25) is 0 Å². The molecule has 0 unspecified atom stereocenters. The molecular weight excluding hydrogens is 390 g/mol. The largest absolute Gasteiger partial charge is 0.506 e. The summed E-state index contributed by atoms with van der Waals surface area (Å²) in [7, 11) is 1.40. The van der Waals surface area contributed by atoms with E-state index in [9.17, 15) is 19.5 Å². The molecule has 0 aliphatic carbocycles. The molecule has 10 nitrogen and oxygen atoms in total. The Hall–Kier alpha value is -4.34. The fourth-order valence-corrected chi connectivity index (χ4v) is 3.16. The van der Waals surface area contributed by atoms with E-state index in [-0.39, 0.29) is 11.0 Å². The molecule has 0 saturated heterocycles. The van der Waals surface area contributed by atoms with Gasteiger partial charge in [-0.25, -0.2) is 9.97 Å². The summed E-state index contributed by atoms with van der Waals surface area (Å²) >= 11 is 0. The van der Waals surface area contributed by atoms with Crippen molar-refractivity contribution in [2.75, 3.05) is 6.54 Å². The summed E-state index contributed by atoms with van der Waals surface area (Å²) in [4.78, 5) is 48.6. The first-order chi connectivity index (χ1) is 14.4. The average Bonchev–Trinajstić information content (AvgIpc) is 2.75. The zero-order valence-corrected chi connectivity index (χ0v) is 15.7. The van der Waals surface area contributed by atoms with Crippen LogP contribution < -0.4 is 10.9 Å². The maximum atomic E-state index is 12.7. The van der Waals surface area contributed by atoms with Crippen molar-refractivity contribution in [2.45, 2.75) is 0 Å². The Labute approximate surface area is 168 Å². The van der Waals surface area contributed by atoms with Crippen molar-refractivity contribution in [3.05, 3.63) is 58.6 Å². The Kier molecular flexibility index (Phi) is 4.59. The van der Waals surface area contributed by atoms with Gasteiger partial charge in [0.25, 0.3) is 11.5 Å². The van der Waals surface area contributed by atoms with Crippen LogP contribution in [0.5, 0.6) is 5.75 Å². The zero-order valence-electron chi connectivity index (χ0n) is 15.7. The molecule has 150 valence electrons. The number of fused-ring (bicyclic) bond motifs is 2. The molecule has 4 aromatic rings. The lowest BCUT2D eigenvalue weighted by molar-refractivity contribution is -0.135. The molecule has 10 heteroatoms. The molecule has 0 radical (unpaired) electrons. The highest BCUT2D eigenvalue weighted by atomic mass is 16.4. The molecule has 0 aliphatic heterocycles. The molecule has 1 aromatic carbocycles. The van der Waals surface area contributed by atoms with E-state index in [0.717, 1.165) is 15.5 Å². The van der Waals surface area contributed by atoms with E-state index in [0.29, 0.717) is 11.4 Å². The van der Waals surface area contributed by atoms with Crippen LogP contribution >= 0.6 is 0 Å². The number of hydrogen-bond donors (Lipinski definition) is 3. The van der Waals surface area contributed by atoms with Crippen molar-refractivity contribution in [1.82, 2.24) is 24.8 Å². The highest BCUT2D eigenvalue weighted by Gasteiger charge is 2.23. The molecule has 30 heavy (non-hydrogen) atoms. The van der Waals surface area contributed by atoms with Crippen molar-refractivity contribution >= 4 is 33.8 Å². The smallest absolute Gasteiger partial charge is 0.322 e. The quantitative estimate of drug-likeness (QED) is 0.457. The number of hydrogen-bond acceptors (Lipinski definition) is 7. The monoisotopic (exact) mass is 405 g/mol. The number of carbonyl (C=O) groups is 2. The molecule has 3 heterocycles. The predicted octanol–water partition coefficient (Wildman–Crippen LogP) is 1.06. The summed E-state index contributed by atoms with van der Waals surface area (Å²) in [6, 6.07) is 9.19. The lowest BCUT2D eigenvalue weighted by Crippen LogP contribution is -2.35. The van der Waals surface area contributed by atoms with Crippen LogP contribution in [0.3, 0.4) is 0 Å². The summed E-state index contributed by atoms with van der Waals surface area (Å²) in [6.07, 6.45) is 2.94. The number of carboxylic acids is 1. The van der Waals surface area contributed by atoms with Crippen molar-refractivity contribution in [3.63, 3.8) is 0 Å². The van der Waals surface area contributed by atoms with Crippen LogP contribution in [0.2, 0.25) is 0 Å². The van der Waals surface area contributed by atoms with Gasteiger partial charge < -0.3 is 15.5 Å². The van der Waals surface area contributed by atoms with E-state index >= 15 is 0 Å². The van der Waals surface area contributed by atoms with Crippen LogP contribution in [0.4, 0.5) is 0 Å². The number of aliphatic carboxylic acids is 1. The van der Waals surface area contributed by atoms with Crippen LogP contribution in [0.25, 0.3) is 33.3 Å². The zero-order chi connectivity index (χ0) is 21.4. The van der Waals surface area contributed by atoms with Crippen molar-refractivity contribution < 1.29 is 19.8 Å². The van der Waals surface area contributed by atoms with E-state index in [1.807, 2.05) is 24.3 Å². The van der Waals surface area contributed by atoms with Crippen molar-refractivity contribution in [3.8, 4) is 17.1 Å². The Balaban J connectivity index is 1.90. The number of benzene rings is 1. The standard InChI is InChI=1S/C20H15N5O5/c1-25-18-12(16(28)15(20(25)30)19(29)23-9-14(26)27)8-22-17(24-18)11-6-7-21-13-5-3-2-4-10(11)13/h2-8,28H,9H2,1H3,(H,23,29)(H,26,27). The minimum Gasteiger partial charge on any atom is -0.506 e. The molecule has 1 amide bonds. The normalized spacial score (nSPS) is 11.0. The number of aromatic nitrogens is 4. The van der Waals surface area contributed by atoms with Crippen LogP contribution in [0, 0.1) is 0 Å².